The number of nitrogens with one attached hydrogen (secondary N) is 2. The number of phosphoric acid groups is 3. The van der Waals surface area contributed by atoms with Gasteiger partial charge in [-0.25, -0.2) is 13.6 Å². The lowest BCUT2D eigenvalue weighted by atomic mass is 9.89. The van der Waals surface area contributed by atoms with E-state index in [2.05, 4.69) is 35.0 Å². The Morgan fingerprint density at radius 1 is 1.03 bits per heavy atom. The smallest absolute Gasteiger partial charge is 0.280 e. The Morgan fingerprint density at radius 2 is 1.79 bits per heavy atom. The zero-order chi connectivity index (χ0) is 45.4. The average Bonchev–Trinajstić information content (AvgIpc) is 3.73. The van der Waals surface area contributed by atoms with E-state index in [1.54, 1.807) is 24.3 Å². The molecule has 3 aromatic carbocycles. The first-order chi connectivity index (χ1) is 29.7. The van der Waals surface area contributed by atoms with Crippen molar-refractivity contribution in [2.24, 2.45) is 0 Å². The molecule has 7 rings (SSSR count). The van der Waals surface area contributed by atoms with Gasteiger partial charge in [-0.05, 0) is 78.4 Å². The van der Waals surface area contributed by atoms with Gasteiger partial charge >= 0.3 is 0 Å². The Kier molecular flexibility index (Phi) is 13.3. The minimum absolute atomic E-state index is 0.179. The van der Waals surface area contributed by atoms with Crippen LogP contribution in [0.2, 0.25) is 0 Å². The number of carbonyl (C=O) groups excluding carboxylic acids is 1. The van der Waals surface area contributed by atoms with E-state index in [9.17, 15) is 43.1 Å². The van der Waals surface area contributed by atoms with Gasteiger partial charge in [0.1, 0.15) is 11.5 Å². The third-order valence-corrected chi connectivity index (χ3v) is 14.0. The van der Waals surface area contributed by atoms with E-state index >= 15 is 0 Å². The van der Waals surface area contributed by atoms with Crippen LogP contribution in [-0.2, 0) is 31.6 Å². The Bertz CT molecular complexity index is 2860. The van der Waals surface area contributed by atoms with Gasteiger partial charge < -0.3 is 55.5 Å². The van der Waals surface area contributed by atoms with Crippen LogP contribution < -0.4 is 52.2 Å². The highest BCUT2D eigenvalue weighted by molar-refractivity contribution is 7.65. The number of rotatable bonds is 16. The van der Waals surface area contributed by atoms with Gasteiger partial charge in [0, 0.05) is 52.6 Å². The second-order valence-corrected chi connectivity index (χ2v) is 19.2. The van der Waals surface area contributed by atoms with Crippen molar-refractivity contribution >= 4 is 58.7 Å². The lowest BCUT2D eigenvalue weighted by Gasteiger charge is -2.32. The van der Waals surface area contributed by atoms with Crippen LogP contribution in [0.15, 0.2) is 77.6 Å². The van der Waals surface area contributed by atoms with E-state index in [1.807, 2.05) is 55.5 Å². The number of unbranched alkanes of at least 4 members (excludes halogenated alkanes) is 2. The first kappa shape index (κ1) is 46.0. The molecule has 1 aliphatic carbocycles. The van der Waals surface area contributed by atoms with Gasteiger partial charge in [0.2, 0.25) is 5.95 Å². The minimum Gasteiger partial charge on any atom is -0.756 e. The monoisotopic (exact) mass is 924 g/mol. The fourth-order valence-electron chi connectivity index (χ4n) is 7.67. The van der Waals surface area contributed by atoms with E-state index < -0.39 is 59.9 Å². The van der Waals surface area contributed by atoms with Gasteiger partial charge in [-0.2, -0.15) is 0 Å². The number of aryl methyl sites for hydroxylation is 1. The Labute approximate surface area is 359 Å². The normalized spacial score (nSPS) is 21.9. The molecule has 20 nitrogen and oxygen atoms in total. The lowest BCUT2D eigenvalue weighted by Crippen LogP contribution is -2.29. The quantitative estimate of drug-likeness (QED) is 0.0465. The number of allylic oxidation sites excluding steroid dienone is 3. The fourth-order valence-corrected chi connectivity index (χ4v) is 10.6. The van der Waals surface area contributed by atoms with Crippen molar-refractivity contribution < 1.29 is 65.8 Å². The summed E-state index contributed by atoms with van der Waals surface area (Å²) >= 11 is 0. The number of anilines is 2. The van der Waals surface area contributed by atoms with Crippen LogP contribution in [0.25, 0.3) is 17.7 Å². The molecule has 334 valence electrons. The number of nitrogens with zero attached hydrogens (tertiary/aromatic N) is 1. The van der Waals surface area contributed by atoms with Gasteiger partial charge in [0.25, 0.3) is 34.9 Å². The number of aromatic amines is 1. The molecule has 1 amide bonds. The van der Waals surface area contributed by atoms with Crippen LogP contribution >= 0.6 is 23.5 Å². The van der Waals surface area contributed by atoms with Crippen LogP contribution in [0.4, 0.5) is 11.6 Å². The molecule has 1 aromatic heterocycles. The molecule has 3 aliphatic rings. The van der Waals surface area contributed by atoms with E-state index in [1.165, 1.54) is 0 Å². The number of hydrogen-bond acceptors (Lipinski definition) is 17. The van der Waals surface area contributed by atoms with Crippen LogP contribution in [0.1, 0.15) is 69.9 Å². The second kappa shape index (κ2) is 18.2. The average molecular weight is 925 g/mol. The third kappa shape index (κ3) is 10.8. The number of nitrogen functional groups attached to an aromatic ring is 2. The van der Waals surface area contributed by atoms with Crippen molar-refractivity contribution in [2.45, 2.75) is 56.8 Å². The summed E-state index contributed by atoms with van der Waals surface area (Å²) in [5, 5.41) is 15.6. The van der Waals surface area contributed by atoms with Crippen LogP contribution in [0.3, 0.4) is 0 Å². The maximum absolute atomic E-state index is 13.2. The number of aliphatic hydroxyl groups excluding tert-OH is 1. The number of benzene rings is 3. The van der Waals surface area contributed by atoms with Crippen LogP contribution in [0, 0.1) is 6.92 Å². The number of amides is 1. The zero-order valence-corrected chi connectivity index (χ0v) is 36.0. The van der Waals surface area contributed by atoms with Gasteiger partial charge in [0.15, 0.2) is 0 Å². The number of nitrogens with two attached hydrogens (primary N) is 2. The molecule has 0 bridgehead atoms. The van der Waals surface area contributed by atoms with Crippen molar-refractivity contribution in [1.82, 2.24) is 15.3 Å². The largest absolute Gasteiger partial charge is 0.756 e. The van der Waals surface area contributed by atoms with Crippen LogP contribution in [-0.4, -0.2) is 57.3 Å². The van der Waals surface area contributed by atoms with E-state index in [0.29, 0.717) is 54.1 Å². The van der Waals surface area contributed by atoms with E-state index in [0.717, 1.165) is 32.7 Å². The molecule has 7 atom stereocenters. The van der Waals surface area contributed by atoms with Gasteiger partial charge in [-0.1, -0.05) is 43.0 Å². The molecule has 0 saturated carbocycles. The number of aromatic nitrogens is 2. The highest BCUT2D eigenvalue weighted by atomic mass is 31.3. The number of phosphoric ester groups is 1. The predicted molar refractivity (Wildman–Crippen MR) is 223 cm³/mol. The Morgan fingerprint density at radius 3 is 2.54 bits per heavy atom. The molecular formula is C40H41N5O15P3-3. The lowest BCUT2D eigenvalue weighted by molar-refractivity contribution is -0.250. The summed E-state index contributed by atoms with van der Waals surface area (Å²) in [5.41, 5.74) is 16.9. The summed E-state index contributed by atoms with van der Waals surface area (Å²) in [6.07, 6.45) is 3.38. The highest BCUT2D eigenvalue weighted by Gasteiger charge is 2.43. The summed E-state index contributed by atoms with van der Waals surface area (Å²) in [6.45, 7) is 5.51. The minimum atomic E-state index is -6.10. The van der Waals surface area contributed by atoms with Gasteiger partial charge in [-0.3, -0.25) is 28.3 Å². The number of hydrogen-bond donors (Lipinski definition) is 6. The van der Waals surface area contributed by atoms with Crippen molar-refractivity contribution in [3.05, 3.63) is 127 Å². The Balaban J connectivity index is 0.941. The Hall–Kier alpha value is -5.04. The van der Waals surface area contributed by atoms with Crippen LogP contribution in [0.5, 0.6) is 11.5 Å². The number of aliphatic hydroxyl groups is 1. The molecular weight excluding hydrogens is 883 g/mol. The molecule has 8 N–H and O–H groups in total. The summed E-state index contributed by atoms with van der Waals surface area (Å²) in [4.78, 5) is 75.8. The van der Waals surface area contributed by atoms with Crippen molar-refractivity contribution in [1.29, 1.82) is 0 Å². The zero-order valence-electron chi connectivity index (χ0n) is 33.3. The summed E-state index contributed by atoms with van der Waals surface area (Å²) in [5.74, 6) is 0.0464. The first-order valence-corrected chi connectivity index (χ1v) is 23.7. The summed E-state index contributed by atoms with van der Waals surface area (Å²) in [7, 11) is -17.8. The maximum atomic E-state index is 13.2. The molecule has 5 unspecified atom stereocenters. The highest BCUT2D eigenvalue weighted by Crippen LogP contribution is 2.61. The second-order valence-electron chi connectivity index (χ2n) is 15.0. The van der Waals surface area contributed by atoms with Crippen molar-refractivity contribution in [3.8, 4) is 11.5 Å². The number of ether oxygens (including phenoxy) is 2. The maximum Gasteiger partial charge on any atom is 0.280 e. The molecule has 0 radical (unpaired) electrons. The summed E-state index contributed by atoms with van der Waals surface area (Å²) < 4.78 is 57.7. The SMILES string of the molecule is C=c1ccc2c(c1)Oc1cc(N)ccc1C=2c1ccc(C(=O)NCCCC/C=C/C2=CC([C@@H]3O[C@H](COP(=O)([O-])OP(=O)([O-])OP(=O)([O-])O)CC3O)c3nc(N)[nH]c(=O)c32)cc1C. The molecule has 1 saturated heterocycles. The number of carbonyl (C=O) groups is 1. The molecule has 1 fully saturated rings. The molecule has 4 aromatic rings. The molecule has 0 spiro atoms. The number of H-pyrrole nitrogens is 1. The van der Waals surface area contributed by atoms with Gasteiger partial charge in [-0.15, -0.1) is 0 Å². The molecule has 23 heteroatoms. The topological polar surface area (TPSA) is 334 Å². The number of fused-ring (bicyclic) bond motifs is 3. The van der Waals surface area contributed by atoms with Gasteiger partial charge in [0.05, 0.1) is 36.2 Å². The van der Waals surface area contributed by atoms with E-state index in [-0.39, 0.29) is 29.5 Å². The predicted octanol–water partition coefficient (Wildman–Crippen LogP) is 1.61. The van der Waals surface area contributed by atoms with Crippen molar-refractivity contribution in [2.75, 3.05) is 24.6 Å². The molecule has 3 heterocycles. The fraction of sp³-hybridized carbons (Fsp3) is 0.275. The summed E-state index contributed by atoms with van der Waals surface area (Å²) in [6, 6.07) is 16.9. The first-order valence-electron chi connectivity index (χ1n) is 19.3. The third-order valence-electron chi connectivity index (χ3n) is 10.3. The molecule has 63 heavy (non-hydrogen) atoms. The standard InChI is InChI=1S/C40H44N5O15P3/c1-21-8-11-28-32(15-21)58-33-18-25(41)10-13-29(33)35(28)27-12-9-24(16-22(27)2)38(47)43-14-6-4-3-5-7-23-17-30(36-34(23)39(48)45-40(42)44-36)37-31(46)19-26(57-37)20-56-62(52,53)60-63(54,55)59-61(49,50)51/h5,7-13,15-18,26,30-31,37,46H,1,3-4,6,14,19-20,41H2,2H3,(H,43,47)(H,52,53)(H,54,55)(H2,49,50,51)(H3,42,44,45,48)/p-3/b7-5+/t26-,30?,31?,37-/m0/s1. The van der Waals surface area contributed by atoms with E-state index in [4.69, 9.17) is 25.8 Å². The van der Waals surface area contributed by atoms with Crippen molar-refractivity contribution in [3.63, 3.8) is 0 Å². The molecule has 2 aliphatic heterocycles.